The van der Waals surface area contributed by atoms with E-state index < -0.39 is 0 Å². The topological polar surface area (TPSA) is 35.6 Å². The molecule has 4 nitrogen and oxygen atoms in total. The summed E-state index contributed by atoms with van der Waals surface area (Å²) in [5.41, 5.74) is 0. The van der Waals surface area contributed by atoms with Crippen molar-refractivity contribution in [2.45, 2.75) is 12.8 Å². The molecule has 0 aromatic heterocycles. The minimum atomic E-state index is 0.612. The Balaban J connectivity index is 1.66. The Kier molecular flexibility index (Phi) is 4.75. The zero-order valence-electron chi connectivity index (χ0n) is 10.0. The number of nitrogens with zero attached hydrogens (tertiary/aromatic N) is 2. The summed E-state index contributed by atoms with van der Waals surface area (Å²) < 4.78 is 0. The summed E-state index contributed by atoms with van der Waals surface area (Å²) >= 11 is 0. The quantitative estimate of drug-likeness (QED) is 0.672. The number of hydrogen-bond donors (Lipinski definition) is 1. The molecule has 2 fully saturated rings. The molecule has 16 heavy (non-hydrogen) atoms. The van der Waals surface area contributed by atoms with Crippen LogP contribution in [0.15, 0.2) is 0 Å². The summed E-state index contributed by atoms with van der Waals surface area (Å²) in [6.07, 6.45) is 3.67. The monoisotopic (exact) mass is 225 g/mol. The molecule has 92 valence electrons. The van der Waals surface area contributed by atoms with Crippen LogP contribution in [0.4, 0.5) is 0 Å². The third-order valence-electron chi connectivity index (χ3n) is 3.77. The van der Waals surface area contributed by atoms with Gasteiger partial charge in [0.05, 0.1) is 6.54 Å². The molecule has 0 aliphatic carbocycles. The van der Waals surface area contributed by atoms with Gasteiger partial charge in [-0.25, -0.2) is 0 Å². The van der Waals surface area contributed by atoms with Crippen molar-refractivity contribution < 1.29 is 4.79 Å². The molecule has 0 unspecified atom stereocenters. The number of carbonyl (C=O) groups excluding carboxylic acids is 1. The van der Waals surface area contributed by atoms with Crippen molar-refractivity contribution in [3.05, 3.63) is 0 Å². The van der Waals surface area contributed by atoms with Gasteiger partial charge in [-0.3, -0.25) is 4.90 Å². The van der Waals surface area contributed by atoms with Gasteiger partial charge >= 0.3 is 0 Å². The van der Waals surface area contributed by atoms with Gasteiger partial charge in [0.1, 0.15) is 6.29 Å². The molecule has 0 amide bonds. The van der Waals surface area contributed by atoms with Crippen LogP contribution in [0, 0.1) is 5.92 Å². The van der Waals surface area contributed by atoms with Crippen LogP contribution in [0.3, 0.4) is 0 Å². The smallest absolute Gasteiger partial charge is 0.133 e. The number of piperidine rings is 1. The van der Waals surface area contributed by atoms with Gasteiger partial charge in [0.25, 0.3) is 0 Å². The third kappa shape index (κ3) is 3.54. The van der Waals surface area contributed by atoms with Crippen LogP contribution >= 0.6 is 0 Å². The molecule has 2 heterocycles. The Morgan fingerprint density at radius 3 is 2.31 bits per heavy atom. The molecule has 0 radical (unpaired) electrons. The van der Waals surface area contributed by atoms with Crippen LogP contribution in [0.25, 0.3) is 0 Å². The number of nitrogens with one attached hydrogen (secondary N) is 1. The molecule has 0 aromatic rings. The molecule has 0 saturated carbocycles. The molecule has 1 N–H and O–H groups in total. The molecule has 0 bridgehead atoms. The van der Waals surface area contributed by atoms with Gasteiger partial charge in [-0.2, -0.15) is 0 Å². The lowest BCUT2D eigenvalue weighted by molar-refractivity contribution is -0.109. The van der Waals surface area contributed by atoms with E-state index in [0.29, 0.717) is 6.54 Å². The van der Waals surface area contributed by atoms with E-state index in [1.807, 2.05) is 0 Å². The third-order valence-corrected chi connectivity index (χ3v) is 3.77. The van der Waals surface area contributed by atoms with E-state index in [2.05, 4.69) is 15.1 Å². The van der Waals surface area contributed by atoms with Gasteiger partial charge in [0.15, 0.2) is 0 Å². The lowest BCUT2D eigenvalue weighted by atomic mass is 9.97. The van der Waals surface area contributed by atoms with E-state index in [9.17, 15) is 4.79 Å². The lowest BCUT2D eigenvalue weighted by Crippen LogP contribution is -2.48. The predicted octanol–water partition coefficient (Wildman–Crippen LogP) is -0.197. The second-order valence-electron chi connectivity index (χ2n) is 4.96. The van der Waals surface area contributed by atoms with E-state index in [4.69, 9.17) is 0 Å². The average molecular weight is 225 g/mol. The lowest BCUT2D eigenvalue weighted by Gasteiger charge is -2.36. The Morgan fingerprint density at radius 1 is 1.06 bits per heavy atom. The first kappa shape index (κ1) is 12.0. The summed E-state index contributed by atoms with van der Waals surface area (Å²) in [6, 6.07) is 0. The van der Waals surface area contributed by atoms with Crippen LogP contribution < -0.4 is 5.32 Å². The molecular formula is C12H23N3O. The number of carbonyl (C=O) groups is 1. The Hall–Kier alpha value is -0.450. The minimum Gasteiger partial charge on any atom is -0.317 e. The van der Waals surface area contributed by atoms with E-state index >= 15 is 0 Å². The number of aldehydes is 1. The first-order chi connectivity index (χ1) is 7.88. The highest BCUT2D eigenvalue weighted by Crippen LogP contribution is 2.14. The van der Waals surface area contributed by atoms with E-state index in [1.54, 1.807) is 0 Å². The highest BCUT2D eigenvalue weighted by atomic mass is 16.1. The van der Waals surface area contributed by atoms with Crippen molar-refractivity contribution in [1.29, 1.82) is 0 Å². The van der Waals surface area contributed by atoms with Crippen LogP contribution in [0.2, 0.25) is 0 Å². The van der Waals surface area contributed by atoms with Crippen molar-refractivity contribution in [1.82, 2.24) is 15.1 Å². The van der Waals surface area contributed by atoms with Gasteiger partial charge in [-0.05, 0) is 31.8 Å². The first-order valence-corrected chi connectivity index (χ1v) is 6.47. The summed E-state index contributed by atoms with van der Waals surface area (Å²) in [5.74, 6) is 0.888. The highest BCUT2D eigenvalue weighted by Gasteiger charge is 2.20. The SMILES string of the molecule is O=CCN1CCN(CC2CCNCC2)CC1. The van der Waals surface area contributed by atoms with Crippen molar-refractivity contribution >= 4 is 6.29 Å². The number of piperazine rings is 1. The van der Waals surface area contributed by atoms with E-state index in [-0.39, 0.29) is 0 Å². The summed E-state index contributed by atoms with van der Waals surface area (Å²) in [4.78, 5) is 15.2. The normalized spacial score (nSPS) is 25.8. The maximum absolute atomic E-state index is 10.4. The van der Waals surface area contributed by atoms with E-state index in [1.165, 1.54) is 32.5 Å². The molecule has 2 rings (SSSR count). The van der Waals surface area contributed by atoms with Gasteiger partial charge in [-0.15, -0.1) is 0 Å². The summed E-state index contributed by atoms with van der Waals surface area (Å²) in [7, 11) is 0. The molecule has 2 aliphatic heterocycles. The fourth-order valence-corrected chi connectivity index (χ4v) is 2.69. The maximum atomic E-state index is 10.4. The second-order valence-corrected chi connectivity index (χ2v) is 4.96. The molecular weight excluding hydrogens is 202 g/mol. The maximum Gasteiger partial charge on any atom is 0.133 e. The van der Waals surface area contributed by atoms with Gasteiger partial charge < -0.3 is 15.0 Å². The molecule has 2 saturated heterocycles. The zero-order chi connectivity index (χ0) is 11.2. The largest absolute Gasteiger partial charge is 0.317 e. The Morgan fingerprint density at radius 2 is 1.69 bits per heavy atom. The van der Waals surface area contributed by atoms with E-state index in [0.717, 1.165) is 38.4 Å². The van der Waals surface area contributed by atoms with Crippen LogP contribution in [-0.4, -0.2) is 68.4 Å². The van der Waals surface area contributed by atoms with Crippen LogP contribution in [0.5, 0.6) is 0 Å². The van der Waals surface area contributed by atoms with Crippen molar-refractivity contribution in [2.75, 3.05) is 52.4 Å². The second kappa shape index (κ2) is 6.33. The summed E-state index contributed by atoms with van der Waals surface area (Å²) in [6.45, 7) is 8.65. The van der Waals surface area contributed by atoms with Crippen LogP contribution in [-0.2, 0) is 4.79 Å². The molecule has 0 spiro atoms. The fourth-order valence-electron chi connectivity index (χ4n) is 2.69. The number of hydrogen-bond acceptors (Lipinski definition) is 4. The Labute approximate surface area is 98.0 Å². The van der Waals surface area contributed by atoms with Crippen molar-refractivity contribution in [3.8, 4) is 0 Å². The molecule has 2 aliphatic rings. The van der Waals surface area contributed by atoms with Crippen LogP contribution in [0.1, 0.15) is 12.8 Å². The van der Waals surface area contributed by atoms with Gasteiger partial charge in [-0.1, -0.05) is 0 Å². The average Bonchev–Trinajstić information content (AvgIpc) is 2.33. The molecule has 0 atom stereocenters. The van der Waals surface area contributed by atoms with Crippen molar-refractivity contribution in [2.24, 2.45) is 5.92 Å². The van der Waals surface area contributed by atoms with Gasteiger partial charge in [0.2, 0.25) is 0 Å². The van der Waals surface area contributed by atoms with Gasteiger partial charge in [0, 0.05) is 32.7 Å². The molecule has 4 heteroatoms. The minimum absolute atomic E-state index is 0.612. The highest BCUT2D eigenvalue weighted by molar-refractivity contribution is 5.51. The summed E-state index contributed by atoms with van der Waals surface area (Å²) in [5, 5.41) is 3.41. The number of rotatable bonds is 4. The molecule has 0 aromatic carbocycles. The zero-order valence-corrected chi connectivity index (χ0v) is 10.0. The standard InChI is InChI=1S/C12H23N3O/c16-10-9-14-5-7-15(8-6-14)11-12-1-3-13-4-2-12/h10,12-13H,1-9,11H2. The van der Waals surface area contributed by atoms with Crippen molar-refractivity contribution in [3.63, 3.8) is 0 Å². The predicted molar refractivity (Wildman–Crippen MR) is 64.5 cm³/mol. The fraction of sp³-hybridized carbons (Fsp3) is 0.917. The first-order valence-electron chi connectivity index (χ1n) is 6.47. The Bertz CT molecular complexity index is 208.